The van der Waals surface area contributed by atoms with Crippen LogP contribution in [0.4, 0.5) is 5.69 Å². The molecule has 3 nitrogen and oxygen atoms in total. The third kappa shape index (κ3) is 5.39. The highest BCUT2D eigenvalue weighted by atomic mass is 35.5. The Hall–Kier alpha value is -0.770. The van der Waals surface area contributed by atoms with E-state index in [0.29, 0.717) is 6.61 Å². The highest BCUT2D eigenvalue weighted by molar-refractivity contribution is 6.33. The van der Waals surface area contributed by atoms with Crippen molar-refractivity contribution in [1.82, 2.24) is 0 Å². The molecule has 1 aromatic rings. The molecule has 0 saturated carbocycles. The topological polar surface area (TPSA) is 38.5 Å². The van der Waals surface area contributed by atoms with Gasteiger partial charge < -0.3 is 15.4 Å². The summed E-state index contributed by atoms with van der Waals surface area (Å²) in [5.74, 6) is 0. The molecule has 0 fully saturated rings. The number of hydrogen-bond acceptors (Lipinski definition) is 3. The Morgan fingerprint density at radius 1 is 1.37 bits per heavy atom. The van der Waals surface area contributed by atoms with E-state index in [1.807, 2.05) is 20.0 Å². The van der Waals surface area contributed by atoms with E-state index in [-0.39, 0.29) is 6.04 Å². The second kappa shape index (κ2) is 8.41. The molecular formula is C15H25ClN2O. The Morgan fingerprint density at radius 2 is 2.11 bits per heavy atom. The molecule has 1 unspecified atom stereocenters. The summed E-state index contributed by atoms with van der Waals surface area (Å²) < 4.78 is 5.36. The van der Waals surface area contributed by atoms with E-state index in [1.165, 1.54) is 5.56 Å². The van der Waals surface area contributed by atoms with Crippen molar-refractivity contribution in [2.24, 2.45) is 5.73 Å². The van der Waals surface area contributed by atoms with Crippen LogP contribution in [-0.4, -0.2) is 32.8 Å². The van der Waals surface area contributed by atoms with Crippen molar-refractivity contribution in [2.45, 2.75) is 32.7 Å². The molecule has 0 saturated heterocycles. The fourth-order valence-electron chi connectivity index (χ4n) is 1.90. The van der Waals surface area contributed by atoms with Crippen molar-refractivity contribution in [2.75, 3.05) is 31.7 Å². The van der Waals surface area contributed by atoms with Gasteiger partial charge in [0.1, 0.15) is 0 Å². The molecule has 0 aliphatic carbocycles. The highest BCUT2D eigenvalue weighted by Gasteiger charge is 2.08. The van der Waals surface area contributed by atoms with E-state index in [0.717, 1.165) is 36.7 Å². The first-order valence-electron chi connectivity index (χ1n) is 6.91. The maximum absolute atomic E-state index is 6.34. The number of anilines is 1. The average Bonchev–Trinajstić information content (AvgIpc) is 2.38. The summed E-state index contributed by atoms with van der Waals surface area (Å²) in [4.78, 5) is 2.11. The zero-order valence-electron chi connectivity index (χ0n) is 12.2. The van der Waals surface area contributed by atoms with Crippen LogP contribution in [0, 0.1) is 0 Å². The smallest absolute Gasteiger partial charge is 0.0642 e. The summed E-state index contributed by atoms with van der Waals surface area (Å²) >= 11 is 6.34. The van der Waals surface area contributed by atoms with Crippen molar-refractivity contribution in [3.8, 4) is 0 Å². The fraction of sp³-hybridized carbons (Fsp3) is 0.600. The third-order valence-corrected chi connectivity index (χ3v) is 3.52. The lowest BCUT2D eigenvalue weighted by Crippen LogP contribution is -2.23. The number of halogens is 1. The zero-order valence-corrected chi connectivity index (χ0v) is 12.9. The number of ether oxygens (including phenoxy) is 1. The molecule has 1 rings (SSSR count). The minimum Gasteiger partial charge on any atom is -0.380 e. The molecule has 1 aromatic carbocycles. The molecule has 1 atom stereocenters. The SMILES string of the molecule is CCOCCN(C)c1ccc(CC(N)CC)cc1Cl. The Labute approximate surface area is 121 Å². The lowest BCUT2D eigenvalue weighted by Gasteiger charge is -2.21. The molecule has 0 bridgehead atoms. The van der Waals surface area contributed by atoms with E-state index in [2.05, 4.69) is 24.0 Å². The van der Waals surface area contributed by atoms with E-state index in [1.54, 1.807) is 0 Å². The second-order valence-corrected chi connectivity index (χ2v) is 5.18. The first-order chi connectivity index (χ1) is 9.08. The Bertz CT molecular complexity index is 384. The van der Waals surface area contributed by atoms with E-state index < -0.39 is 0 Å². The minimum absolute atomic E-state index is 0.206. The van der Waals surface area contributed by atoms with Crippen LogP contribution in [0.25, 0.3) is 0 Å². The molecule has 0 aromatic heterocycles. The zero-order chi connectivity index (χ0) is 14.3. The Balaban J connectivity index is 2.65. The van der Waals surface area contributed by atoms with Gasteiger partial charge in [-0.2, -0.15) is 0 Å². The molecule has 0 radical (unpaired) electrons. The van der Waals surface area contributed by atoms with Gasteiger partial charge >= 0.3 is 0 Å². The van der Waals surface area contributed by atoms with Crippen LogP contribution in [0.2, 0.25) is 5.02 Å². The van der Waals surface area contributed by atoms with Crippen molar-refractivity contribution in [3.05, 3.63) is 28.8 Å². The molecule has 0 spiro atoms. The van der Waals surface area contributed by atoms with Crippen molar-refractivity contribution >= 4 is 17.3 Å². The van der Waals surface area contributed by atoms with Crippen molar-refractivity contribution in [1.29, 1.82) is 0 Å². The fourth-order valence-corrected chi connectivity index (χ4v) is 2.25. The summed E-state index contributed by atoms with van der Waals surface area (Å²) in [6.07, 6.45) is 1.85. The lowest BCUT2D eigenvalue weighted by molar-refractivity contribution is 0.154. The summed E-state index contributed by atoms with van der Waals surface area (Å²) in [6.45, 7) is 6.39. The van der Waals surface area contributed by atoms with Crippen molar-refractivity contribution < 1.29 is 4.74 Å². The first-order valence-corrected chi connectivity index (χ1v) is 7.29. The van der Waals surface area contributed by atoms with Gasteiger partial charge in [0, 0.05) is 26.2 Å². The number of nitrogens with two attached hydrogens (primary N) is 1. The van der Waals surface area contributed by atoms with Crippen molar-refractivity contribution in [3.63, 3.8) is 0 Å². The van der Waals surface area contributed by atoms with E-state index >= 15 is 0 Å². The summed E-state index contributed by atoms with van der Waals surface area (Å²) in [6, 6.07) is 6.39. The lowest BCUT2D eigenvalue weighted by atomic mass is 10.0. The minimum atomic E-state index is 0.206. The van der Waals surface area contributed by atoms with Gasteiger partial charge in [0.2, 0.25) is 0 Å². The molecular weight excluding hydrogens is 260 g/mol. The normalized spacial score (nSPS) is 12.5. The van der Waals surface area contributed by atoms with Gasteiger partial charge in [0.15, 0.2) is 0 Å². The van der Waals surface area contributed by atoms with Gasteiger partial charge in [-0.25, -0.2) is 0 Å². The van der Waals surface area contributed by atoms with Gasteiger partial charge in [-0.15, -0.1) is 0 Å². The molecule has 0 aliphatic heterocycles. The monoisotopic (exact) mass is 284 g/mol. The van der Waals surface area contributed by atoms with E-state index in [9.17, 15) is 0 Å². The summed E-state index contributed by atoms with van der Waals surface area (Å²) in [5, 5.41) is 0.778. The molecule has 108 valence electrons. The van der Waals surface area contributed by atoms with Crippen LogP contribution in [-0.2, 0) is 11.2 Å². The van der Waals surface area contributed by atoms with Crippen LogP contribution in [0.5, 0.6) is 0 Å². The largest absolute Gasteiger partial charge is 0.380 e. The summed E-state index contributed by atoms with van der Waals surface area (Å²) in [5.41, 5.74) is 8.20. The predicted molar refractivity (Wildman–Crippen MR) is 83.2 cm³/mol. The van der Waals surface area contributed by atoms with Gasteiger partial charge in [0.25, 0.3) is 0 Å². The average molecular weight is 285 g/mol. The molecule has 0 amide bonds. The number of hydrogen-bond donors (Lipinski definition) is 1. The maximum Gasteiger partial charge on any atom is 0.0642 e. The molecule has 0 heterocycles. The Morgan fingerprint density at radius 3 is 2.68 bits per heavy atom. The number of benzene rings is 1. The standard InChI is InChI=1S/C15H25ClN2O/c1-4-13(17)10-12-6-7-15(14(16)11-12)18(3)8-9-19-5-2/h6-7,11,13H,4-5,8-10,17H2,1-3H3. The quantitative estimate of drug-likeness (QED) is 0.746. The maximum atomic E-state index is 6.34. The van der Waals surface area contributed by atoms with Crippen LogP contribution in [0.3, 0.4) is 0 Å². The van der Waals surface area contributed by atoms with Gasteiger partial charge in [-0.1, -0.05) is 24.6 Å². The first kappa shape index (κ1) is 16.3. The molecule has 0 aliphatic rings. The van der Waals surface area contributed by atoms with Crippen LogP contribution in [0.15, 0.2) is 18.2 Å². The highest BCUT2D eigenvalue weighted by Crippen LogP contribution is 2.26. The number of nitrogens with zero attached hydrogens (tertiary/aromatic N) is 1. The second-order valence-electron chi connectivity index (χ2n) is 4.78. The third-order valence-electron chi connectivity index (χ3n) is 3.22. The number of likely N-dealkylation sites (N-methyl/N-ethyl adjacent to an activating group) is 1. The number of rotatable bonds is 8. The van der Waals surface area contributed by atoms with Crippen LogP contribution in [0.1, 0.15) is 25.8 Å². The predicted octanol–water partition coefficient (Wildman–Crippen LogP) is 3.09. The Kier molecular flexibility index (Phi) is 7.21. The van der Waals surface area contributed by atoms with Gasteiger partial charge in [0.05, 0.1) is 17.3 Å². The molecule has 19 heavy (non-hydrogen) atoms. The van der Waals surface area contributed by atoms with Gasteiger partial charge in [-0.3, -0.25) is 0 Å². The van der Waals surface area contributed by atoms with Crippen LogP contribution < -0.4 is 10.6 Å². The van der Waals surface area contributed by atoms with E-state index in [4.69, 9.17) is 22.1 Å². The van der Waals surface area contributed by atoms with Crippen LogP contribution >= 0.6 is 11.6 Å². The van der Waals surface area contributed by atoms with Gasteiger partial charge in [-0.05, 0) is 37.5 Å². The summed E-state index contributed by atoms with van der Waals surface area (Å²) in [7, 11) is 2.03. The molecule has 2 N–H and O–H groups in total. The molecule has 4 heteroatoms.